The van der Waals surface area contributed by atoms with Crippen molar-refractivity contribution >= 4 is 26.7 Å². The number of pyridine rings is 3. The van der Waals surface area contributed by atoms with Crippen molar-refractivity contribution in [3.8, 4) is 22.6 Å². The summed E-state index contributed by atoms with van der Waals surface area (Å²) in [7, 11) is -4.20. The molecule has 10 heteroatoms. The number of nitrogens with one attached hydrogen (secondary N) is 1. The highest BCUT2D eigenvalue weighted by atomic mass is 32.2. The van der Waals surface area contributed by atoms with Crippen molar-refractivity contribution in [3.05, 3.63) is 91.1 Å². The molecule has 5 rings (SSSR count). The number of nitrogens with zero attached hydrogens (tertiary/aromatic N) is 3. The quantitative estimate of drug-likeness (QED) is 0.392. The molecule has 7 nitrogen and oxygen atoms in total. The molecule has 0 spiro atoms. The Kier molecular flexibility index (Phi) is 5.06. The van der Waals surface area contributed by atoms with Crippen molar-refractivity contribution in [3.63, 3.8) is 0 Å². The lowest BCUT2D eigenvalue weighted by atomic mass is 10.1. The van der Waals surface area contributed by atoms with E-state index >= 15 is 0 Å². The number of halogens is 2. The van der Waals surface area contributed by atoms with Crippen molar-refractivity contribution in [1.29, 1.82) is 0 Å². The average Bonchev–Trinajstić information content (AvgIpc) is 3.35. The SMILES string of the molecule is O=S(=O)(Nc1ccc(F)cc1F)c1cncc(-c2ccc3nccc(-c4ccco4)c3n2)c1. The first kappa shape index (κ1) is 20.7. The van der Waals surface area contributed by atoms with Gasteiger partial charge in [0.25, 0.3) is 10.0 Å². The molecule has 0 amide bonds. The zero-order chi connectivity index (χ0) is 23.0. The van der Waals surface area contributed by atoms with Crippen LogP contribution in [0.25, 0.3) is 33.6 Å². The number of fused-ring (bicyclic) bond motifs is 1. The Morgan fingerprint density at radius 1 is 0.970 bits per heavy atom. The Bertz CT molecular complexity index is 1590. The molecule has 0 saturated carbocycles. The van der Waals surface area contributed by atoms with Crippen LogP contribution in [0.4, 0.5) is 14.5 Å². The maximum atomic E-state index is 13.9. The van der Waals surface area contributed by atoms with E-state index in [9.17, 15) is 17.2 Å². The van der Waals surface area contributed by atoms with Crippen LogP contribution in [0.15, 0.2) is 88.8 Å². The summed E-state index contributed by atoms with van der Waals surface area (Å²) in [5.74, 6) is -1.23. The zero-order valence-electron chi connectivity index (χ0n) is 16.7. The fourth-order valence-electron chi connectivity index (χ4n) is 3.30. The number of benzene rings is 1. The topological polar surface area (TPSA) is 98.0 Å². The Hall–Kier alpha value is -4.18. The molecule has 0 aliphatic carbocycles. The van der Waals surface area contributed by atoms with Gasteiger partial charge in [0.05, 0.1) is 23.2 Å². The van der Waals surface area contributed by atoms with E-state index in [0.29, 0.717) is 34.1 Å². The van der Waals surface area contributed by atoms with Crippen LogP contribution in [0.3, 0.4) is 0 Å². The van der Waals surface area contributed by atoms with Gasteiger partial charge in [0.2, 0.25) is 0 Å². The minimum absolute atomic E-state index is 0.205. The first-order valence-corrected chi connectivity index (χ1v) is 11.1. The lowest BCUT2D eigenvalue weighted by molar-refractivity contribution is 0.582. The second-order valence-corrected chi connectivity index (χ2v) is 8.72. The molecule has 0 bridgehead atoms. The molecule has 5 aromatic rings. The maximum absolute atomic E-state index is 13.9. The van der Waals surface area contributed by atoms with Gasteiger partial charge < -0.3 is 4.42 Å². The summed E-state index contributed by atoms with van der Waals surface area (Å²) in [5, 5.41) is 0. The van der Waals surface area contributed by atoms with Gasteiger partial charge in [-0.2, -0.15) is 0 Å². The summed E-state index contributed by atoms with van der Waals surface area (Å²) >= 11 is 0. The van der Waals surface area contributed by atoms with Crippen molar-refractivity contribution < 1.29 is 21.6 Å². The van der Waals surface area contributed by atoms with E-state index in [0.717, 1.165) is 23.9 Å². The molecule has 0 aliphatic rings. The summed E-state index contributed by atoms with van der Waals surface area (Å²) in [4.78, 5) is 12.8. The number of hydrogen-bond acceptors (Lipinski definition) is 6. The van der Waals surface area contributed by atoms with Crippen LogP contribution >= 0.6 is 0 Å². The van der Waals surface area contributed by atoms with Crippen LogP contribution in [0.5, 0.6) is 0 Å². The molecule has 0 unspecified atom stereocenters. The van der Waals surface area contributed by atoms with Crippen LogP contribution in [-0.2, 0) is 10.0 Å². The second-order valence-electron chi connectivity index (χ2n) is 7.04. The van der Waals surface area contributed by atoms with Crippen molar-refractivity contribution in [2.45, 2.75) is 4.90 Å². The fraction of sp³-hybridized carbons (Fsp3) is 0. The summed E-state index contributed by atoms with van der Waals surface area (Å²) in [5.41, 5.74) is 2.45. The molecule has 4 heterocycles. The number of furan rings is 1. The smallest absolute Gasteiger partial charge is 0.263 e. The molecule has 164 valence electrons. The van der Waals surface area contributed by atoms with Gasteiger partial charge >= 0.3 is 0 Å². The van der Waals surface area contributed by atoms with Crippen molar-refractivity contribution in [2.24, 2.45) is 0 Å². The zero-order valence-corrected chi connectivity index (χ0v) is 17.6. The van der Waals surface area contributed by atoms with E-state index in [-0.39, 0.29) is 10.6 Å². The minimum Gasteiger partial charge on any atom is -0.464 e. The molecule has 33 heavy (non-hydrogen) atoms. The molecule has 0 atom stereocenters. The predicted molar refractivity (Wildman–Crippen MR) is 118 cm³/mol. The Morgan fingerprint density at radius 2 is 1.85 bits per heavy atom. The number of anilines is 1. The first-order chi connectivity index (χ1) is 15.9. The predicted octanol–water partition coefficient (Wildman–Crippen LogP) is 5.03. The third-order valence-electron chi connectivity index (χ3n) is 4.87. The largest absolute Gasteiger partial charge is 0.464 e. The first-order valence-electron chi connectivity index (χ1n) is 9.64. The molecule has 1 aromatic carbocycles. The maximum Gasteiger partial charge on any atom is 0.263 e. The average molecular weight is 464 g/mol. The van der Waals surface area contributed by atoms with Gasteiger partial charge in [-0.25, -0.2) is 22.2 Å². The molecular formula is C23H14F2N4O3S. The van der Waals surface area contributed by atoms with E-state index in [4.69, 9.17) is 4.42 Å². The Morgan fingerprint density at radius 3 is 2.64 bits per heavy atom. The normalized spacial score (nSPS) is 11.6. The molecule has 0 fully saturated rings. The highest BCUT2D eigenvalue weighted by Gasteiger charge is 2.19. The molecule has 0 radical (unpaired) electrons. The Labute approximate surface area is 186 Å². The number of rotatable bonds is 5. The van der Waals surface area contributed by atoms with Gasteiger partial charge in [0, 0.05) is 35.8 Å². The molecule has 0 aliphatic heterocycles. The Balaban J connectivity index is 1.54. The molecule has 4 aromatic heterocycles. The van der Waals surface area contributed by atoms with Crippen LogP contribution in [-0.4, -0.2) is 23.4 Å². The van der Waals surface area contributed by atoms with Crippen LogP contribution < -0.4 is 4.72 Å². The van der Waals surface area contributed by atoms with Gasteiger partial charge in [0.1, 0.15) is 27.8 Å². The van der Waals surface area contributed by atoms with Crippen LogP contribution in [0.1, 0.15) is 0 Å². The van der Waals surface area contributed by atoms with E-state index in [1.54, 1.807) is 42.8 Å². The summed E-state index contributed by atoms with van der Waals surface area (Å²) in [6, 6.07) is 12.7. The number of aromatic nitrogens is 3. The van der Waals surface area contributed by atoms with E-state index in [1.807, 2.05) is 0 Å². The van der Waals surface area contributed by atoms with Crippen LogP contribution in [0.2, 0.25) is 0 Å². The lowest BCUT2D eigenvalue weighted by Gasteiger charge is -2.10. The van der Waals surface area contributed by atoms with Gasteiger partial charge in [-0.1, -0.05) is 0 Å². The van der Waals surface area contributed by atoms with Crippen molar-refractivity contribution in [2.75, 3.05) is 4.72 Å². The summed E-state index contributed by atoms with van der Waals surface area (Å²) < 4.78 is 60.2. The third-order valence-corrected chi connectivity index (χ3v) is 6.20. The standard InChI is InChI=1S/C23H14F2N4O3S/c24-15-3-4-20(18(25)11-15)29-33(30,31)16-10-14(12-26-13-16)19-5-6-21-23(28-19)17(7-8-27-21)22-2-1-9-32-22/h1-13,29H. The van der Waals surface area contributed by atoms with Gasteiger partial charge in [0.15, 0.2) is 0 Å². The highest BCUT2D eigenvalue weighted by molar-refractivity contribution is 7.92. The number of hydrogen-bond donors (Lipinski definition) is 1. The fourth-order valence-corrected chi connectivity index (χ4v) is 4.35. The van der Waals surface area contributed by atoms with Gasteiger partial charge in [-0.05, 0) is 48.5 Å². The highest BCUT2D eigenvalue weighted by Crippen LogP contribution is 2.29. The van der Waals surface area contributed by atoms with Gasteiger partial charge in [-0.15, -0.1) is 0 Å². The van der Waals surface area contributed by atoms with E-state index in [1.165, 1.54) is 12.3 Å². The molecule has 1 N–H and O–H groups in total. The third kappa shape index (κ3) is 4.03. The van der Waals surface area contributed by atoms with Crippen molar-refractivity contribution in [1.82, 2.24) is 15.0 Å². The van der Waals surface area contributed by atoms with Gasteiger partial charge in [-0.3, -0.25) is 14.7 Å². The lowest BCUT2D eigenvalue weighted by Crippen LogP contribution is -2.14. The monoisotopic (exact) mass is 464 g/mol. The second kappa shape index (κ2) is 8.06. The molecule has 0 saturated heterocycles. The number of sulfonamides is 1. The summed E-state index contributed by atoms with van der Waals surface area (Å²) in [6.07, 6.45) is 5.80. The van der Waals surface area contributed by atoms with Crippen LogP contribution in [0, 0.1) is 11.6 Å². The minimum atomic E-state index is -4.20. The van der Waals surface area contributed by atoms with E-state index < -0.39 is 21.7 Å². The summed E-state index contributed by atoms with van der Waals surface area (Å²) in [6.45, 7) is 0. The van der Waals surface area contributed by atoms with E-state index in [2.05, 4.69) is 19.7 Å². The molecular weight excluding hydrogens is 450 g/mol.